The molecule has 0 bridgehead atoms. The topological polar surface area (TPSA) is 35.2 Å². The minimum atomic E-state index is -0.305. The molecule has 0 fully saturated rings. The van der Waals surface area contributed by atoms with Crippen molar-refractivity contribution in [1.82, 2.24) is 0 Å². The van der Waals surface area contributed by atoms with Crippen LogP contribution in [0.5, 0.6) is 5.75 Å². The van der Waals surface area contributed by atoms with Gasteiger partial charge in [0.15, 0.2) is 0 Å². The molecule has 0 radical (unpaired) electrons. The molecule has 0 saturated heterocycles. The maximum atomic E-state index is 13.7. The van der Waals surface area contributed by atoms with Gasteiger partial charge in [-0.05, 0) is 31.4 Å². The zero-order chi connectivity index (χ0) is 14.4. The summed E-state index contributed by atoms with van der Waals surface area (Å²) in [7, 11) is 0. The summed E-state index contributed by atoms with van der Waals surface area (Å²) in [4.78, 5) is 0. The molecule has 3 heteroatoms. The molecule has 0 amide bonds. The van der Waals surface area contributed by atoms with Gasteiger partial charge in [0.05, 0.1) is 6.61 Å². The van der Waals surface area contributed by atoms with E-state index in [4.69, 9.17) is 10.5 Å². The van der Waals surface area contributed by atoms with Crippen molar-refractivity contribution in [2.24, 2.45) is 5.73 Å². The largest absolute Gasteiger partial charge is 0.493 e. The number of halogens is 1. The second-order valence-corrected chi connectivity index (χ2v) is 4.91. The molecule has 0 aliphatic carbocycles. The number of benzene rings is 2. The first-order chi connectivity index (χ1) is 9.66. The molecule has 2 aromatic rings. The molecule has 106 valence electrons. The van der Waals surface area contributed by atoms with Crippen LogP contribution in [0.25, 0.3) is 0 Å². The van der Waals surface area contributed by atoms with E-state index in [1.807, 2.05) is 18.2 Å². The maximum absolute atomic E-state index is 13.7. The summed E-state index contributed by atoms with van der Waals surface area (Å²) in [6, 6.07) is 14.8. The van der Waals surface area contributed by atoms with E-state index in [0.717, 1.165) is 12.8 Å². The molecule has 1 atom stereocenters. The van der Waals surface area contributed by atoms with Crippen molar-refractivity contribution >= 4 is 0 Å². The van der Waals surface area contributed by atoms with Crippen LogP contribution in [0.2, 0.25) is 0 Å². The van der Waals surface area contributed by atoms with Crippen LogP contribution in [0.15, 0.2) is 48.5 Å². The summed E-state index contributed by atoms with van der Waals surface area (Å²) in [6.07, 6.45) is 1.86. The molecule has 0 heterocycles. The zero-order valence-electron chi connectivity index (χ0n) is 11.7. The number of rotatable bonds is 6. The fraction of sp³-hybridized carbons (Fsp3) is 0.294. The summed E-state index contributed by atoms with van der Waals surface area (Å²) in [5.74, 6) is 0.250. The Morgan fingerprint density at radius 3 is 2.55 bits per heavy atom. The second-order valence-electron chi connectivity index (χ2n) is 4.91. The van der Waals surface area contributed by atoms with Gasteiger partial charge in [0.1, 0.15) is 11.6 Å². The third-order valence-electron chi connectivity index (χ3n) is 3.18. The molecule has 0 aromatic heterocycles. The fourth-order valence-electron chi connectivity index (χ4n) is 2.08. The van der Waals surface area contributed by atoms with Crippen molar-refractivity contribution in [3.63, 3.8) is 0 Å². The smallest absolute Gasteiger partial charge is 0.131 e. The molecule has 0 spiro atoms. The Kier molecular flexibility index (Phi) is 5.13. The molecule has 2 rings (SSSR count). The van der Waals surface area contributed by atoms with Gasteiger partial charge >= 0.3 is 0 Å². The van der Waals surface area contributed by atoms with Crippen LogP contribution >= 0.6 is 0 Å². The summed E-state index contributed by atoms with van der Waals surface area (Å²) in [5, 5.41) is 0. The number of ether oxygens (including phenoxy) is 1. The van der Waals surface area contributed by atoms with E-state index in [0.29, 0.717) is 17.9 Å². The van der Waals surface area contributed by atoms with Crippen LogP contribution in [-0.4, -0.2) is 6.61 Å². The van der Waals surface area contributed by atoms with E-state index < -0.39 is 0 Å². The highest BCUT2D eigenvalue weighted by Gasteiger charge is 2.07. The standard InChI is InChI=1S/C17H20FNO/c1-13(19)16-10-9-15(12-17(16)18)20-11-5-8-14-6-3-2-4-7-14/h2-4,6-7,9-10,12-13H,5,8,11,19H2,1H3/t13-/m1/s1. The average Bonchev–Trinajstić information content (AvgIpc) is 2.44. The average molecular weight is 273 g/mol. The lowest BCUT2D eigenvalue weighted by Gasteiger charge is -2.10. The lowest BCUT2D eigenvalue weighted by molar-refractivity contribution is 0.309. The second kappa shape index (κ2) is 7.06. The predicted octanol–water partition coefficient (Wildman–Crippen LogP) is 3.86. The number of hydrogen-bond donors (Lipinski definition) is 1. The SMILES string of the molecule is C[C@@H](N)c1ccc(OCCCc2ccccc2)cc1F. The quantitative estimate of drug-likeness (QED) is 0.811. The minimum Gasteiger partial charge on any atom is -0.493 e. The van der Waals surface area contributed by atoms with Gasteiger partial charge in [0.2, 0.25) is 0 Å². The summed E-state index contributed by atoms with van der Waals surface area (Å²) in [5.41, 5.74) is 7.47. The highest BCUT2D eigenvalue weighted by atomic mass is 19.1. The van der Waals surface area contributed by atoms with Crippen LogP contribution in [-0.2, 0) is 6.42 Å². The summed E-state index contributed by atoms with van der Waals surface area (Å²) in [6.45, 7) is 2.34. The molecule has 0 aliphatic heterocycles. The van der Waals surface area contributed by atoms with Crippen LogP contribution in [0.4, 0.5) is 4.39 Å². The van der Waals surface area contributed by atoms with Gasteiger partial charge in [-0.25, -0.2) is 4.39 Å². The normalized spacial score (nSPS) is 12.2. The molecule has 2 aromatic carbocycles. The van der Waals surface area contributed by atoms with Gasteiger partial charge < -0.3 is 10.5 Å². The van der Waals surface area contributed by atoms with Crippen LogP contribution in [0, 0.1) is 5.82 Å². The van der Waals surface area contributed by atoms with Crippen molar-refractivity contribution in [2.75, 3.05) is 6.61 Å². The Balaban J connectivity index is 1.81. The van der Waals surface area contributed by atoms with Gasteiger partial charge in [0.25, 0.3) is 0 Å². The molecule has 2 nitrogen and oxygen atoms in total. The molecule has 2 N–H and O–H groups in total. The minimum absolute atomic E-state index is 0.304. The molecule has 20 heavy (non-hydrogen) atoms. The van der Waals surface area contributed by atoms with Crippen molar-refractivity contribution in [3.8, 4) is 5.75 Å². The lowest BCUT2D eigenvalue weighted by atomic mass is 10.1. The highest BCUT2D eigenvalue weighted by molar-refractivity contribution is 5.30. The lowest BCUT2D eigenvalue weighted by Crippen LogP contribution is -2.07. The van der Waals surface area contributed by atoms with Crippen LogP contribution in [0.3, 0.4) is 0 Å². The van der Waals surface area contributed by atoms with E-state index in [1.165, 1.54) is 11.6 Å². The van der Waals surface area contributed by atoms with E-state index >= 15 is 0 Å². The Morgan fingerprint density at radius 1 is 1.15 bits per heavy atom. The molecule has 0 saturated carbocycles. The first-order valence-corrected chi connectivity index (χ1v) is 6.88. The highest BCUT2D eigenvalue weighted by Crippen LogP contribution is 2.20. The Hall–Kier alpha value is -1.87. The number of nitrogens with two attached hydrogens (primary N) is 1. The first-order valence-electron chi connectivity index (χ1n) is 6.88. The van der Waals surface area contributed by atoms with E-state index in [-0.39, 0.29) is 11.9 Å². The first kappa shape index (κ1) is 14.5. The fourth-order valence-corrected chi connectivity index (χ4v) is 2.08. The van der Waals surface area contributed by atoms with Crippen molar-refractivity contribution < 1.29 is 9.13 Å². The number of aryl methyl sites for hydroxylation is 1. The van der Waals surface area contributed by atoms with Gasteiger partial charge in [-0.1, -0.05) is 36.4 Å². The van der Waals surface area contributed by atoms with Gasteiger partial charge in [-0.3, -0.25) is 0 Å². The Bertz CT molecular complexity index is 540. The van der Waals surface area contributed by atoms with Gasteiger partial charge in [-0.2, -0.15) is 0 Å². The third-order valence-corrected chi connectivity index (χ3v) is 3.18. The summed E-state index contributed by atoms with van der Waals surface area (Å²) >= 11 is 0. The molecule has 0 unspecified atom stereocenters. The predicted molar refractivity (Wildman–Crippen MR) is 79.3 cm³/mol. The monoisotopic (exact) mass is 273 g/mol. The van der Waals surface area contributed by atoms with Crippen LogP contribution < -0.4 is 10.5 Å². The molecular weight excluding hydrogens is 253 g/mol. The summed E-state index contributed by atoms with van der Waals surface area (Å²) < 4.78 is 19.3. The Labute approximate surface area is 119 Å². The van der Waals surface area contributed by atoms with Crippen molar-refractivity contribution in [2.45, 2.75) is 25.8 Å². The molecule has 0 aliphatic rings. The van der Waals surface area contributed by atoms with Crippen LogP contribution in [0.1, 0.15) is 30.5 Å². The van der Waals surface area contributed by atoms with E-state index in [9.17, 15) is 4.39 Å². The maximum Gasteiger partial charge on any atom is 0.131 e. The molecular formula is C17H20FNO. The Morgan fingerprint density at radius 2 is 1.90 bits per heavy atom. The zero-order valence-corrected chi connectivity index (χ0v) is 11.7. The van der Waals surface area contributed by atoms with Crippen molar-refractivity contribution in [1.29, 1.82) is 0 Å². The number of hydrogen-bond acceptors (Lipinski definition) is 2. The van der Waals surface area contributed by atoms with Crippen molar-refractivity contribution in [3.05, 3.63) is 65.5 Å². The van der Waals surface area contributed by atoms with E-state index in [1.54, 1.807) is 19.1 Å². The van der Waals surface area contributed by atoms with Gasteiger partial charge in [-0.15, -0.1) is 0 Å². The van der Waals surface area contributed by atoms with E-state index in [2.05, 4.69) is 12.1 Å². The van der Waals surface area contributed by atoms with Gasteiger partial charge in [0, 0.05) is 17.7 Å². The third kappa shape index (κ3) is 4.07.